The van der Waals surface area contributed by atoms with Gasteiger partial charge in [0.15, 0.2) is 34.5 Å². The summed E-state index contributed by atoms with van der Waals surface area (Å²) >= 11 is 0. The number of nitrogens with one attached hydrogen (secondary N) is 3. The van der Waals surface area contributed by atoms with Gasteiger partial charge in [0.25, 0.3) is 17.7 Å². The Balaban J connectivity index is 0.831. The van der Waals surface area contributed by atoms with E-state index >= 15 is 0 Å². The van der Waals surface area contributed by atoms with Crippen molar-refractivity contribution >= 4 is 34.8 Å². The van der Waals surface area contributed by atoms with Crippen LogP contribution in [0.3, 0.4) is 0 Å². The fraction of sp³-hybridized carbons (Fsp3) is 0.541. The van der Waals surface area contributed by atoms with Crippen molar-refractivity contribution in [3.05, 3.63) is 162 Å². The molecule has 0 saturated heterocycles. The van der Waals surface area contributed by atoms with Gasteiger partial charge in [-0.15, -0.1) is 30.6 Å². The number of anilines is 3. The van der Waals surface area contributed by atoms with Crippen LogP contribution in [-0.2, 0) is 0 Å². The fourth-order valence-corrected chi connectivity index (χ4v) is 16.2. The predicted octanol–water partition coefficient (Wildman–Crippen LogP) is 31.7. The lowest BCUT2D eigenvalue weighted by Gasteiger charge is -2.14. The molecule has 0 atom stereocenters. The topological polar surface area (TPSA) is 259 Å². The first-order valence-corrected chi connectivity index (χ1v) is 51.1. The summed E-state index contributed by atoms with van der Waals surface area (Å²) in [6.45, 7) is 17.0. The van der Waals surface area contributed by atoms with E-state index in [0.29, 0.717) is 142 Å². The molecule has 10 rings (SSSR count). The zero-order valence-electron chi connectivity index (χ0n) is 80.6. The lowest BCUT2D eigenvalue weighted by Crippen LogP contribution is -2.19. The number of aromatic nitrogens is 6. The van der Waals surface area contributed by atoms with E-state index in [-0.39, 0.29) is 34.4 Å². The Morgan fingerprint density at radius 3 is 0.568 bits per heavy atom. The van der Waals surface area contributed by atoms with Crippen LogP contribution in [0.2, 0.25) is 0 Å². The second-order valence-electron chi connectivity index (χ2n) is 35.6. The Labute approximate surface area is 787 Å². The van der Waals surface area contributed by atoms with Crippen molar-refractivity contribution in [2.24, 2.45) is 0 Å². The molecule has 21 heteroatoms. The molecule has 0 aliphatic rings. The lowest BCUT2D eigenvalue weighted by atomic mass is 10.0. The van der Waals surface area contributed by atoms with E-state index in [2.05, 4.69) is 88.1 Å². The van der Waals surface area contributed by atoms with Crippen molar-refractivity contribution < 1.29 is 56.1 Å². The third kappa shape index (κ3) is 37.3. The third-order valence-corrected chi connectivity index (χ3v) is 24.3. The number of unbranched alkanes of at least 4 members (excludes halogenated alkanes) is 42. The molecule has 0 aliphatic heterocycles. The van der Waals surface area contributed by atoms with Crippen LogP contribution < -0.4 is 44.4 Å². The number of hydrogen-bond donors (Lipinski definition) is 3. The van der Waals surface area contributed by atoms with Crippen LogP contribution >= 0.6 is 0 Å². The Morgan fingerprint density at radius 2 is 0.371 bits per heavy atom. The van der Waals surface area contributed by atoms with Crippen molar-refractivity contribution in [3.63, 3.8) is 0 Å². The van der Waals surface area contributed by atoms with Crippen LogP contribution in [-0.4, -0.2) is 88.0 Å². The summed E-state index contributed by atoms with van der Waals surface area (Å²) < 4.78 is 57.5. The molecule has 7 aromatic carbocycles. The molecule has 0 unspecified atom stereocenters. The van der Waals surface area contributed by atoms with Crippen LogP contribution in [0.15, 0.2) is 159 Å². The maximum absolute atomic E-state index is 14.6. The van der Waals surface area contributed by atoms with Crippen LogP contribution in [0, 0.1) is 0 Å². The Bertz CT molecular complexity index is 4380. The fourth-order valence-electron chi connectivity index (χ4n) is 16.2. The number of carbonyl (C=O) groups excluding carboxylic acids is 3. The van der Waals surface area contributed by atoms with Gasteiger partial charge in [0.05, 0.1) is 39.6 Å². The number of hydrogen-bond acceptors (Lipinski definition) is 18. The standard InChI is InChI=1S/C111H153N9O12/c1-7-13-19-25-31-37-43-49-73-124-97-70-61-88(82-100(97)127-76-52-46-40-34-28-22-16-10-4)109-118-115-106(130-109)85-55-64-94(65-56-85)112-103(121)91-79-92(104(122)113-95-66-57-86(58-67-95)107-116-119-110(131-107)89-62-71-98(125-74-50-44-38-32-26-20-14-8-2)101(83-89)128-77-53-47-41-35-29-23-17-11-5)81-93(80-91)105(123)114-96-68-59-87(60-69-96)108-117-120-111(132-108)90-63-72-99(126-75-51-45-39-33-27-21-15-9-3)102(84-90)129-78-54-48-42-36-30-24-18-12-6/h55-72,79-84H,7-54,73-78H2,1-6H3,(H,112,121)(H,113,122)(H,114,123). The van der Waals surface area contributed by atoms with Crippen molar-refractivity contribution in [3.8, 4) is 103 Å². The first kappa shape index (κ1) is 103. The van der Waals surface area contributed by atoms with Crippen LogP contribution in [0.5, 0.6) is 34.5 Å². The van der Waals surface area contributed by atoms with E-state index in [1.807, 2.05) is 54.6 Å². The zero-order valence-corrected chi connectivity index (χ0v) is 80.6. The van der Waals surface area contributed by atoms with Gasteiger partial charge in [0, 0.05) is 67.1 Å². The molecule has 0 saturated carbocycles. The normalized spacial score (nSPS) is 11.3. The van der Waals surface area contributed by atoms with Gasteiger partial charge < -0.3 is 57.6 Å². The third-order valence-electron chi connectivity index (χ3n) is 24.3. The van der Waals surface area contributed by atoms with Gasteiger partial charge in [0.2, 0.25) is 35.3 Å². The molecule has 0 radical (unpaired) electrons. The van der Waals surface area contributed by atoms with E-state index in [1.165, 1.54) is 249 Å². The molecular formula is C111H153N9O12. The van der Waals surface area contributed by atoms with Gasteiger partial charge in [-0.2, -0.15) is 0 Å². The molecule has 714 valence electrons. The molecule has 0 bridgehead atoms. The minimum atomic E-state index is -0.578. The molecule has 3 aromatic heterocycles. The summed E-state index contributed by atoms with van der Waals surface area (Å²) in [5.74, 6) is 4.06. The summed E-state index contributed by atoms with van der Waals surface area (Å²) in [5, 5.41) is 35.7. The second-order valence-corrected chi connectivity index (χ2v) is 35.6. The van der Waals surface area contributed by atoms with Crippen LogP contribution in [0.4, 0.5) is 17.1 Å². The first-order chi connectivity index (χ1) is 65.0. The highest BCUT2D eigenvalue weighted by Crippen LogP contribution is 2.39. The molecule has 3 heterocycles. The molecule has 21 nitrogen and oxygen atoms in total. The number of carbonyl (C=O) groups is 3. The van der Waals surface area contributed by atoms with Crippen molar-refractivity contribution in [2.45, 2.75) is 350 Å². The van der Waals surface area contributed by atoms with Crippen molar-refractivity contribution in [1.82, 2.24) is 30.6 Å². The quantitative estimate of drug-likeness (QED) is 0.0299. The first-order valence-electron chi connectivity index (χ1n) is 51.1. The van der Waals surface area contributed by atoms with E-state index in [9.17, 15) is 14.4 Å². The van der Waals surface area contributed by atoms with Crippen molar-refractivity contribution in [2.75, 3.05) is 55.6 Å². The number of nitrogens with zero attached hydrogens (tertiary/aromatic N) is 6. The Kier molecular flexibility index (Phi) is 48.4. The minimum Gasteiger partial charge on any atom is -0.490 e. The summed E-state index contributed by atoms with van der Waals surface area (Å²) in [5.41, 5.74) is 5.34. The molecular weight excluding hydrogens is 1650 g/mol. The maximum atomic E-state index is 14.6. The van der Waals surface area contributed by atoms with Gasteiger partial charge in [-0.05, 0) is 184 Å². The van der Waals surface area contributed by atoms with Gasteiger partial charge >= 0.3 is 0 Å². The number of benzene rings is 7. The van der Waals surface area contributed by atoms with Crippen molar-refractivity contribution in [1.29, 1.82) is 0 Å². The molecule has 0 spiro atoms. The number of amides is 3. The summed E-state index contributed by atoms with van der Waals surface area (Å²) in [6.07, 6.45) is 57.9. The van der Waals surface area contributed by atoms with E-state index in [4.69, 9.17) is 41.7 Å². The summed E-state index contributed by atoms with van der Waals surface area (Å²) in [7, 11) is 0. The predicted molar refractivity (Wildman–Crippen MR) is 534 cm³/mol. The van der Waals surface area contributed by atoms with E-state index in [0.717, 1.165) is 77.0 Å². The SMILES string of the molecule is CCCCCCCCCCOc1ccc(-c2nnc(-c3ccc(NC(=O)c4cc(C(=O)Nc5ccc(-c6nnc(-c7ccc(OCCCCCCCCCC)c(OCCCCCCCCCC)c7)o6)cc5)cc(C(=O)Nc5ccc(-c6nnc(-c7ccc(OCCCCCCCCCC)c(OCCCCCCCCCC)c7)o6)cc5)c4)cc3)o2)cc1OCCCCCCCCCC. The molecule has 3 amide bonds. The van der Waals surface area contributed by atoms with E-state index in [1.54, 1.807) is 72.8 Å². The molecule has 0 aliphatic carbocycles. The minimum absolute atomic E-state index is 0.0422. The summed E-state index contributed by atoms with van der Waals surface area (Å²) in [6, 6.07) is 42.7. The van der Waals surface area contributed by atoms with Gasteiger partial charge in [-0.25, -0.2) is 0 Å². The number of ether oxygens (including phenoxy) is 6. The lowest BCUT2D eigenvalue weighted by molar-refractivity contribution is 0.102. The average molecular weight is 1810 g/mol. The van der Waals surface area contributed by atoms with Crippen LogP contribution in [0.1, 0.15) is 381 Å². The van der Waals surface area contributed by atoms with Gasteiger partial charge in [-0.3, -0.25) is 14.4 Å². The zero-order chi connectivity index (χ0) is 92.5. The summed E-state index contributed by atoms with van der Waals surface area (Å²) in [4.78, 5) is 43.9. The second kappa shape index (κ2) is 61.8. The molecule has 0 fully saturated rings. The molecule has 10 aromatic rings. The highest BCUT2D eigenvalue weighted by molar-refractivity contribution is 6.13. The van der Waals surface area contributed by atoms with E-state index < -0.39 is 17.7 Å². The largest absolute Gasteiger partial charge is 0.490 e. The maximum Gasteiger partial charge on any atom is 0.255 e. The molecule has 132 heavy (non-hydrogen) atoms. The Morgan fingerprint density at radius 1 is 0.205 bits per heavy atom. The smallest absolute Gasteiger partial charge is 0.255 e. The van der Waals surface area contributed by atoms with Gasteiger partial charge in [-0.1, -0.05) is 311 Å². The van der Waals surface area contributed by atoms with Crippen LogP contribution in [0.25, 0.3) is 68.7 Å². The van der Waals surface area contributed by atoms with Gasteiger partial charge in [0.1, 0.15) is 0 Å². The number of rotatable bonds is 72. The average Bonchev–Trinajstić information content (AvgIpc) is 1.80. The highest BCUT2D eigenvalue weighted by atomic mass is 16.5. The molecule has 3 N–H and O–H groups in total. The monoisotopic (exact) mass is 1800 g/mol. The Hall–Kier alpha value is -10.8. The highest BCUT2D eigenvalue weighted by Gasteiger charge is 2.23.